The lowest BCUT2D eigenvalue weighted by molar-refractivity contribution is -0.159. The molecule has 8 heteroatoms. The molecule has 7 rings (SSSR count). The minimum Gasteiger partial charge on any atom is -0.385 e. The molecule has 4 heterocycles. The first-order valence-electron chi connectivity index (χ1n) is 15.3. The van der Waals surface area contributed by atoms with Crippen molar-refractivity contribution in [1.82, 2.24) is 9.80 Å². The molecule has 0 unspecified atom stereocenters. The number of nitrogens with zero attached hydrogens (tertiary/aromatic N) is 3. The Morgan fingerprint density at radius 2 is 1.67 bits per heavy atom. The summed E-state index contributed by atoms with van der Waals surface area (Å²) >= 11 is 1.54. The molecule has 2 aromatic carbocycles. The number of carbonyl (C=O) groups is 3. The zero-order valence-electron chi connectivity index (χ0n) is 23.8. The van der Waals surface area contributed by atoms with Crippen molar-refractivity contribution in [2.45, 2.75) is 63.1 Å². The van der Waals surface area contributed by atoms with Crippen molar-refractivity contribution in [1.29, 1.82) is 0 Å². The molecule has 3 aromatic rings. The van der Waals surface area contributed by atoms with Crippen LogP contribution >= 0.6 is 11.3 Å². The number of fused-ring (bicyclic) bond motifs is 2. The number of hydrogen-bond acceptors (Lipinski definition) is 6. The van der Waals surface area contributed by atoms with Crippen molar-refractivity contribution in [2.75, 3.05) is 24.5 Å². The summed E-state index contributed by atoms with van der Waals surface area (Å²) in [6.07, 6.45) is 6.04. The molecule has 3 atom stereocenters. The second-order valence-electron chi connectivity index (χ2n) is 12.3. The van der Waals surface area contributed by atoms with Crippen LogP contribution in [0.3, 0.4) is 0 Å². The predicted molar refractivity (Wildman–Crippen MR) is 162 cm³/mol. The van der Waals surface area contributed by atoms with Crippen LogP contribution in [0.25, 0.3) is 0 Å². The smallest absolute Gasteiger partial charge is 0.264 e. The molecule has 7 nitrogen and oxygen atoms in total. The van der Waals surface area contributed by atoms with Crippen LogP contribution in [0.2, 0.25) is 0 Å². The molecule has 4 aliphatic rings. The van der Waals surface area contributed by atoms with Gasteiger partial charge < -0.3 is 14.9 Å². The van der Waals surface area contributed by atoms with Gasteiger partial charge >= 0.3 is 0 Å². The van der Waals surface area contributed by atoms with Crippen LogP contribution in [-0.4, -0.2) is 58.3 Å². The van der Waals surface area contributed by atoms with Crippen molar-refractivity contribution in [3.05, 3.63) is 87.6 Å². The van der Waals surface area contributed by atoms with Gasteiger partial charge in [0.15, 0.2) is 0 Å². The molecule has 1 aliphatic carbocycles. The highest BCUT2D eigenvalue weighted by molar-refractivity contribution is 7.09. The fraction of sp³-hybridized carbons (Fsp3) is 0.441. The van der Waals surface area contributed by atoms with E-state index in [0.717, 1.165) is 41.8 Å². The van der Waals surface area contributed by atoms with E-state index >= 15 is 0 Å². The van der Waals surface area contributed by atoms with Crippen molar-refractivity contribution >= 4 is 34.7 Å². The number of rotatable bonds is 5. The number of imide groups is 1. The van der Waals surface area contributed by atoms with Crippen LogP contribution in [0.1, 0.15) is 76.1 Å². The molecule has 0 spiro atoms. The first kappa shape index (κ1) is 27.3. The van der Waals surface area contributed by atoms with Crippen LogP contribution in [-0.2, 0) is 16.9 Å². The van der Waals surface area contributed by atoms with Gasteiger partial charge in [0.25, 0.3) is 11.8 Å². The average Bonchev–Trinajstić information content (AvgIpc) is 3.64. The molecule has 1 saturated carbocycles. The molecule has 42 heavy (non-hydrogen) atoms. The minimum atomic E-state index is -0.887. The molecule has 218 valence electrons. The van der Waals surface area contributed by atoms with Gasteiger partial charge in [-0.2, -0.15) is 0 Å². The average molecular weight is 584 g/mol. The Morgan fingerprint density at radius 1 is 0.881 bits per heavy atom. The van der Waals surface area contributed by atoms with Gasteiger partial charge in [-0.25, -0.2) is 0 Å². The van der Waals surface area contributed by atoms with E-state index in [1.165, 1.54) is 16.2 Å². The maximum absolute atomic E-state index is 14.0. The van der Waals surface area contributed by atoms with Crippen molar-refractivity contribution in [3.63, 3.8) is 0 Å². The molecule has 0 radical (unpaired) electrons. The number of anilines is 1. The lowest BCUT2D eigenvalue weighted by atomic mass is 9.66. The second kappa shape index (κ2) is 11.0. The summed E-state index contributed by atoms with van der Waals surface area (Å²) in [6, 6.07) is 19.5. The SMILES string of the molecule is O=C1c2cccc(N3CCC(C(=O)N4CC[C@@](O)(c5ccccc5)[C@H]5CCCC[C@@H]54)CC3)c2C(=O)N1Cc1cccs1. The van der Waals surface area contributed by atoms with Crippen LogP contribution in [0, 0.1) is 11.8 Å². The van der Waals surface area contributed by atoms with Crippen LogP contribution in [0.4, 0.5) is 5.69 Å². The van der Waals surface area contributed by atoms with E-state index in [4.69, 9.17) is 0 Å². The Kier molecular flexibility index (Phi) is 7.14. The number of carbonyl (C=O) groups excluding carboxylic acids is 3. The normalized spacial score (nSPS) is 26.4. The minimum absolute atomic E-state index is 0.0546. The van der Waals surface area contributed by atoms with Gasteiger partial charge in [-0.1, -0.05) is 55.3 Å². The highest BCUT2D eigenvalue weighted by atomic mass is 32.1. The van der Waals surface area contributed by atoms with Crippen LogP contribution in [0.15, 0.2) is 66.0 Å². The Morgan fingerprint density at radius 3 is 2.43 bits per heavy atom. The van der Waals surface area contributed by atoms with Gasteiger partial charge in [-0.15, -0.1) is 11.3 Å². The lowest BCUT2D eigenvalue weighted by Gasteiger charge is -2.53. The molecule has 3 aliphatic heterocycles. The fourth-order valence-electron chi connectivity index (χ4n) is 7.93. The van der Waals surface area contributed by atoms with E-state index in [0.29, 0.717) is 50.0 Å². The first-order chi connectivity index (χ1) is 20.5. The molecule has 2 saturated heterocycles. The van der Waals surface area contributed by atoms with E-state index in [-0.39, 0.29) is 42.1 Å². The molecule has 3 amide bonds. The monoisotopic (exact) mass is 583 g/mol. The molecular weight excluding hydrogens is 546 g/mol. The number of amides is 3. The summed E-state index contributed by atoms with van der Waals surface area (Å²) < 4.78 is 0. The summed E-state index contributed by atoms with van der Waals surface area (Å²) in [5.74, 6) is -0.277. The number of thiophene rings is 1. The topological polar surface area (TPSA) is 81.2 Å². The summed E-state index contributed by atoms with van der Waals surface area (Å²) in [6.45, 7) is 2.19. The number of benzene rings is 2. The highest BCUT2D eigenvalue weighted by Crippen LogP contribution is 2.47. The van der Waals surface area contributed by atoms with E-state index in [2.05, 4.69) is 9.80 Å². The third-order valence-corrected chi connectivity index (χ3v) is 11.0. The Hall–Kier alpha value is -3.49. The van der Waals surface area contributed by atoms with Crippen LogP contribution < -0.4 is 4.90 Å². The Balaban J connectivity index is 1.05. The number of piperidine rings is 2. The summed E-state index contributed by atoms with van der Waals surface area (Å²) in [5.41, 5.74) is 1.84. The van der Waals surface area contributed by atoms with E-state index in [1.54, 1.807) is 6.07 Å². The van der Waals surface area contributed by atoms with Gasteiger partial charge in [0.1, 0.15) is 0 Å². The third-order valence-electron chi connectivity index (χ3n) is 10.1. The summed E-state index contributed by atoms with van der Waals surface area (Å²) in [7, 11) is 0. The molecule has 1 aromatic heterocycles. The Bertz CT molecular complexity index is 1480. The molecule has 0 bridgehead atoms. The first-order valence-corrected chi connectivity index (χ1v) is 16.2. The number of likely N-dealkylation sites (tertiary alicyclic amines) is 1. The highest BCUT2D eigenvalue weighted by Gasteiger charge is 2.51. The van der Waals surface area contributed by atoms with Crippen molar-refractivity contribution in [2.24, 2.45) is 11.8 Å². The Labute approximate surface area is 250 Å². The van der Waals surface area contributed by atoms with E-state index < -0.39 is 5.60 Å². The maximum atomic E-state index is 14.0. The van der Waals surface area contributed by atoms with Gasteiger partial charge in [0.2, 0.25) is 5.91 Å². The van der Waals surface area contributed by atoms with E-state index in [9.17, 15) is 19.5 Å². The van der Waals surface area contributed by atoms with Crippen molar-refractivity contribution in [3.8, 4) is 0 Å². The standard InChI is InChI=1S/C34H37N3O4S/c38-31(36-20-17-34(41,24-8-2-1-3-9-24)27-12-4-5-13-28(27)36)23-15-18-35(19-16-23)29-14-6-11-26-30(29)33(40)37(32(26)39)22-25-10-7-21-42-25/h1-3,6-11,14,21,23,27-28,41H,4-5,12-13,15-20,22H2/t27-,28-,34+/m0/s1. The van der Waals surface area contributed by atoms with Gasteiger partial charge in [-0.05, 0) is 61.2 Å². The zero-order valence-corrected chi connectivity index (χ0v) is 24.6. The molecular formula is C34H37N3O4S. The molecule has 3 fully saturated rings. The summed E-state index contributed by atoms with van der Waals surface area (Å²) in [5, 5.41) is 13.9. The lowest BCUT2D eigenvalue weighted by Crippen LogP contribution is -2.60. The van der Waals surface area contributed by atoms with Crippen LogP contribution in [0.5, 0.6) is 0 Å². The number of hydrogen-bond donors (Lipinski definition) is 1. The predicted octanol–water partition coefficient (Wildman–Crippen LogP) is 5.44. The van der Waals surface area contributed by atoms with Gasteiger partial charge in [0, 0.05) is 42.4 Å². The van der Waals surface area contributed by atoms with Gasteiger partial charge in [-0.3, -0.25) is 19.3 Å². The maximum Gasteiger partial charge on any atom is 0.264 e. The largest absolute Gasteiger partial charge is 0.385 e. The molecule has 1 N–H and O–H groups in total. The van der Waals surface area contributed by atoms with Crippen molar-refractivity contribution < 1.29 is 19.5 Å². The third kappa shape index (κ3) is 4.56. The second-order valence-corrected chi connectivity index (χ2v) is 13.3. The zero-order chi connectivity index (χ0) is 28.8. The van der Waals surface area contributed by atoms with E-state index in [1.807, 2.05) is 60.0 Å². The fourth-order valence-corrected chi connectivity index (χ4v) is 8.62. The summed E-state index contributed by atoms with van der Waals surface area (Å²) in [4.78, 5) is 47.2. The number of aliphatic hydroxyl groups is 1. The van der Waals surface area contributed by atoms with Gasteiger partial charge in [0.05, 0.1) is 29.0 Å². The quantitative estimate of drug-likeness (QED) is 0.405.